The molecule has 0 saturated carbocycles. The molecule has 0 fully saturated rings. The molecule has 106 valence electrons. The van der Waals surface area contributed by atoms with Gasteiger partial charge >= 0.3 is 5.97 Å². The van der Waals surface area contributed by atoms with Gasteiger partial charge in [0.05, 0.1) is 13.2 Å². The number of nitrogens with zero attached hydrogens (tertiary/aromatic N) is 1. The third-order valence-electron chi connectivity index (χ3n) is 2.73. The fourth-order valence-corrected chi connectivity index (χ4v) is 2.06. The van der Waals surface area contributed by atoms with E-state index in [0.717, 1.165) is 10.2 Å². The Hall–Kier alpha value is -1.75. The highest BCUT2D eigenvalue weighted by Gasteiger charge is 2.11. The largest absolute Gasteiger partial charge is 0.492 e. The summed E-state index contributed by atoms with van der Waals surface area (Å²) in [6, 6.07) is 11.2. The average Bonchev–Trinajstić information content (AvgIpc) is 2.90. The van der Waals surface area contributed by atoms with Crippen molar-refractivity contribution in [1.82, 2.24) is 4.57 Å². The van der Waals surface area contributed by atoms with Gasteiger partial charge in [-0.3, -0.25) is 0 Å². The smallest absolute Gasteiger partial charge is 0.354 e. The monoisotopic (exact) mass is 337 g/mol. The topological polar surface area (TPSA) is 40.5 Å². The molecule has 1 aromatic heterocycles. The summed E-state index contributed by atoms with van der Waals surface area (Å²) in [5, 5.41) is 0. The fourth-order valence-electron chi connectivity index (χ4n) is 1.79. The van der Waals surface area contributed by atoms with Gasteiger partial charge in [-0.2, -0.15) is 0 Å². The Labute approximate surface area is 126 Å². The van der Waals surface area contributed by atoms with Gasteiger partial charge in [0.1, 0.15) is 18.1 Å². The minimum absolute atomic E-state index is 0.304. The molecule has 2 rings (SSSR count). The number of benzene rings is 1. The lowest BCUT2D eigenvalue weighted by Crippen LogP contribution is -2.15. The molecule has 0 aliphatic heterocycles. The molecule has 4 nitrogen and oxygen atoms in total. The van der Waals surface area contributed by atoms with Crippen molar-refractivity contribution in [2.24, 2.45) is 0 Å². The summed E-state index contributed by atoms with van der Waals surface area (Å²) < 4.78 is 13.5. The van der Waals surface area contributed by atoms with E-state index in [1.807, 2.05) is 41.1 Å². The standard InChI is InChI=1S/C15H16BrNO3/c1-2-19-15(18)14-4-3-9-17(14)10-11-20-13-7-5-12(16)6-8-13/h3-9H,2,10-11H2,1H3. The van der Waals surface area contributed by atoms with Crippen LogP contribution in [0.5, 0.6) is 5.75 Å². The van der Waals surface area contributed by atoms with Gasteiger partial charge in [-0.25, -0.2) is 4.79 Å². The van der Waals surface area contributed by atoms with Crippen LogP contribution in [-0.2, 0) is 11.3 Å². The van der Waals surface area contributed by atoms with Crippen molar-refractivity contribution in [3.05, 3.63) is 52.8 Å². The van der Waals surface area contributed by atoms with Crippen molar-refractivity contribution in [3.8, 4) is 5.75 Å². The van der Waals surface area contributed by atoms with Crippen LogP contribution in [-0.4, -0.2) is 23.8 Å². The highest BCUT2D eigenvalue weighted by Crippen LogP contribution is 2.16. The Morgan fingerprint density at radius 3 is 2.70 bits per heavy atom. The molecule has 0 bridgehead atoms. The van der Waals surface area contributed by atoms with Gasteiger partial charge in [0.15, 0.2) is 0 Å². The lowest BCUT2D eigenvalue weighted by atomic mass is 10.3. The lowest BCUT2D eigenvalue weighted by molar-refractivity contribution is 0.0513. The Balaban J connectivity index is 1.90. The predicted molar refractivity (Wildman–Crippen MR) is 80.0 cm³/mol. The Morgan fingerprint density at radius 2 is 2.00 bits per heavy atom. The normalized spacial score (nSPS) is 10.3. The van der Waals surface area contributed by atoms with Gasteiger partial charge in [0, 0.05) is 10.7 Å². The van der Waals surface area contributed by atoms with Crippen LogP contribution in [0.4, 0.5) is 0 Å². The van der Waals surface area contributed by atoms with Crippen LogP contribution in [0.2, 0.25) is 0 Å². The number of hydrogen-bond acceptors (Lipinski definition) is 3. The van der Waals surface area contributed by atoms with Crippen LogP contribution in [0, 0.1) is 0 Å². The quantitative estimate of drug-likeness (QED) is 0.757. The highest BCUT2D eigenvalue weighted by molar-refractivity contribution is 9.10. The van der Waals surface area contributed by atoms with Crippen LogP contribution >= 0.6 is 15.9 Å². The molecule has 0 radical (unpaired) electrons. The first-order valence-corrected chi connectivity index (χ1v) is 7.20. The summed E-state index contributed by atoms with van der Waals surface area (Å²) in [6.45, 7) is 3.25. The minimum atomic E-state index is -0.304. The van der Waals surface area contributed by atoms with E-state index < -0.39 is 0 Å². The fraction of sp³-hybridized carbons (Fsp3) is 0.267. The van der Waals surface area contributed by atoms with Crippen LogP contribution in [0.3, 0.4) is 0 Å². The van der Waals surface area contributed by atoms with Gasteiger partial charge in [0.2, 0.25) is 0 Å². The summed E-state index contributed by atoms with van der Waals surface area (Å²) in [7, 11) is 0. The second-order valence-electron chi connectivity index (χ2n) is 4.11. The number of carbonyl (C=O) groups excluding carboxylic acids is 1. The second kappa shape index (κ2) is 7.14. The summed E-state index contributed by atoms with van der Waals surface area (Å²) in [6.07, 6.45) is 1.84. The van der Waals surface area contributed by atoms with Crippen molar-refractivity contribution >= 4 is 21.9 Å². The molecule has 1 aromatic carbocycles. The summed E-state index contributed by atoms with van der Waals surface area (Å²) in [5.74, 6) is 0.499. The van der Waals surface area contributed by atoms with Crippen molar-refractivity contribution in [1.29, 1.82) is 0 Å². The van der Waals surface area contributed by atoms with Crippen LogP contribution < -0.4 is 4.74 Å². The van der Waals surface area contributed by atoms with Crippen molar-refractivity contribution in [2.75, 3.05) is 13.2 Å². The third-order valence-corrected chi connectivity index (χ3v) is 3.26. The number of hydrogen-bond donors (Lipinski definition) is 0. The van der Waals surface area contributed by atoms with E-state index in [-0.39, 0.29) is 5.97 Å². The van der Waals surface area contributed by atoms with E-state index in [1.165, 1.54) is 0 Å². The Morgan fingerprint density at radius 1 is 1.25 bits per heavy atom. The number of halogens is 1. The SMILES string of the molecule is CCOC(=O)c1cccn1CCOc1ccc(Br)cc1. The van der Waals surface area contributed by atoms with Gasteiger partial charge in [0.25, 0.3) is 0 Å². The van der Waals surface area contributed by atoms with Gasteiger partial charge in [-0.05, 0) is 43.3 Å². The first-order valence-electron chi connectivity index (χ1n) is 6.41. The number of carbonyl (C=O) groups is 1. The molecule has 2 aromatic rings. The molecule has 0 unspecified atom stereocenters. The maximum Gasteiger partial charge on any atom is 0.354 e. The number of esters is 1. The van der Waals surface area contributed by atoms with Crippen LogP contribution in [0.1, 0.15) is 17.4 Å². The van der Waals surface area contributed by atoms with E-state index >= 15 is 0 Å². The first-order chi connectivity index (χ1) is 9.70. The molecule has 0 atom stereocenters. The number of ether oxygens (including phenoxy) is 2. The zero-order valence-electron chi connectivity index (χ0n) is 11.2. The summed E-state index contributed by atoms with van der Waals surface area (Å²) in [4.78, 5) is 11.7. The molecule has 5 heteroatoms. The van der Waals surface area contributed by atoms with Gasteiger partial charge < -0.3 is 14.0 Å². The Kier molecular flexibility index (Phi) is 5.24. The molecule has 0 N–H and O–H groups in total. The first kappa shape index (κ1) is 14.7. The molecule has 0 spiro atoms. The summed E-state index contributed by atoms with van der Waals surface area (Å²) >= 11 is 3.37. The molecular formula is C15H16BrNO3. The number of aromatic nitrogens is 1. The molecule has 0 aliphatic rings. The molecule has 20 heavy (non-hydrogen) atoms. The molecule has 1 heterocycles. The summed E-state index contributed by atoms with van der Waals surface area (Å²) in [5.41, 5.74) is 0.547. The zero-order chi connectivity index (χ0) is 14.4. The van der Waals surface area contributed by atoms with Crippen molar-refractivity contribution in [3.63, 3.8) is 0 Å². The second-order valence-corrected chi connectivity index (χ2v) is 5.03. The third kappa shape index (κ3) is 3.87. The van der Waals surface area contributed by atoms with Crippen LogP contribution in [0.15, 0.2) is 47.1 Å². The van der Waals surface area contributed by atoms with E-state index in [2.05, 4.69) is 15.9 Å². The van der Waals surface area contributed by atoms with Gasteiger partial charge in [-0.1, -0.05) is 15.9 Å². The van der Waals surface area contributed by atoms with Crippen LogP contribution in [0.25, 0.3) is 0 Å². The molecule has 0 amide bonds. The van der Waals surface area contributed by atoms with Crippen molar-refractivity contribution < 1.29 is 14.3 Å². The van der Waals surface area contributed by atoms with E-state index in [9.17, 15) is 4.79 Å². The van der Waals surface area contributed by atoms with E-state index in [0.29, 0.717) is 25.5 Å². The van der Waals surface area contributed by atoms with Crippen molar-refractivity contribution in [2.45, 2.75) is 13.5 Å². The minimum Gasteiger partial charge on any atom is -0.492 e. The van der Waals surface area contributed by atoms with Gasteiger partial charge in [-0.15, -0.1) is 0 Å². The van der Waals surface area contributed by atoms with E-state index in [4.69, 9.17) is 9.47 Å². The average molecular weight is 338 g/mol. The number of rotatable bonds is 6. The zero-order valence-corrected chi connectivity index (χ0v) is 12.8. The molecular weight excluding hydrogens is 322 g/mol. The lowest BCUT2D eigenvalue weighted by Gasteiger charge is -2.10. The maximum absolute atomic E-state index is 11.7. The Bertz CT molecular complexity index is 563. The predicted octanol–water partition coefficient (Wildman–Crippen LogP) is 3.51. The maximum atomic E-state index is 11.7. The van der Waals surface area contributed by atoms with E-state index in [1.54, 1.807) is 13.0 Å². The highest BCUT2D eigenvalue weighted by atomic mass is 79.9. The molecule has 0 saturated heterocycles. The molecule has 0 aliphatic carbocycles.